The highest BCUT2D eigenvalue weighted by molar-refractivity contribution is 9.10. The maximum Gasteiger partial charge on any atom is 0.104 e. The van der Waals surface area contributed by atoms with E-state index in [1.807, 2.05) is 37.3 Å². The molecule has 0 spiro atoms. The van der Waals surface area contributed by atoms with Crippen LogP contribution in [-0.4, -0.2) is 9.97 Å². The Kier molecular flexibility index (Phi) is 3.68. The number of nitrogens with zero attached hydrogens (tertiary/aromatic N) is 1. The number of hydrogen-bond donors (Lipinski definition) is 2. The summed E-state index contributed by atoms with van der Waals surface area (Å²) in [5.74, 6) is 0.928. The molecule has 0 bridgehead atoms. The van der Waals surface area contributed by atoms with Crippen LogP contribution in [0.15, 0.2) is 40.9 Å². The lowest BCUT2D eigenvalue weighted by Gasteiger charge is -2.07. The molecule has 0 radical (unpaired) electrons. The molecule has 102 valence electrons. The molecule has 1 aromatic heterocycles. The van der Waals surface area contributed by atoms with Crippen LogP contribution in [0.5, 0.6) is 0 Å². The van der Waals surface area contributed by atoms with Crippen LogP contribution in [0.2, 0.25) is 5.02 Å². The van der Waals surface area contributed by atoms with Crippen LogP contribution in [-0.2, 0) is 6.54 Å². The Labute approximate surface area is 130 Å². The molecule has 3 rings (SSSR count). The summed E-state index contributed by atoms with van der Waals surface area (Å²) in [7, 11) is 0. The molecule has 0 aliphatic carbocycles. The summed E-state index contributed by atoms with van der Waals surface area (Å²) in [6.45, 7) is 2.68. The van der Waals surface area contributed by atoms with E-state index in [1.54, 1.807) is 0 Å². The summed E-state index contributed by atoms with van der Waals surface area (Å²) in [4.78, 5) is 7.62. The minimum atomic E-state index is 0.726. The molecular weight excluding hydrogens is 338 g/mol. The normalized spacial score (nSPS) is 10.9. The van der Waals surface area contributed by atoms with Gasteiger partial charge in [-0.3, -0.25) is 0 Å². The number of rotatable bonds is 3. The number of aromatic nitrogens is 2. The van der Waals surface area contributed by atoms with Gasteiger partial charge in [-0.2, -0.15) is 0 Å². The van der Waals surface area contributed by atoms with Crippen molar-refractivity contribution in [2.45, 2.75) is 13.5 Å². The molecule has 1 heterocycles. The largest absolute Gasteiger partial charge is 0.381 e. The first-order chi connectivity index (χ1) is 9.61. The zero-order valence-electron chi connectivity index (χ0n) is 10.9. The van der Waals surface area contributed by atoms with E-state index < -0.39 is 0 Å². The van der Waals surface area contributed by atoms with Crippen molar-refractivity contribution < 1.29 is 0 Å². The SMILES string of the molecule is Cc1nc2ccc(NCc3ccc(Br)c(Cl)c3)cc2[nH]1. The van der Waals surface area contributed by atoms with Gasteiger partial charge in [0.25, 0.3) is 0 Å². The highest BCUT2D eigenvalue weighted by Gasteiger charge is 2.02. The van der Waals surface area contributed by atoms with Crippen LogP contribution in [0.25, 0.3) is 11.0 Å². The lowest BCUT2D eigenvalue weighted by Crippen LogP contribution is -1.99. The van der Waals surface area contributed by atoms with E-state index in [9.17, 15) is 0 Å². The molecular formula is C15H13BrClN3. The number of halogens is 2. The first-order valence-corrected chi connectivity index (χ1v) is 7.43. The van der Waals surface area contributed by atoms with Gasteiger partial charge >= 0.3 is 0 Å². The first-order valence-electron chi connectivity index (χ1n) is 6.26. The van der Waals surface area contributed by atoms with Crippen molar-refractivity contribution in [2.24, 2.45) is 0 Å². The monoisotopic (exact) mass is 349 g/mol. The Morgan fingerprint density at radius 1 is 1.25 bits per heavy atom. The fraction of sp³-hybridized carbons (Fsp3) is 0.133. The number of anilines is 1. The zero-order valence-corrected chi connectivity index (χ0v) is 13.2. The van der Waals surface area contributed by atoms with Crippen LogP contribution in [0, 0.1) is 6.92 Å². The van der Waals surface area contributed by atoms with Gasteiger partial charge in [-0.15, -0.1) is 0 Å². The molecule has 5 heteroatoms. The van der Waals surface area contributed by atoms with Gasteiger partial charge in [0.15, 0.2) is 0 Å². The Bertz CT molecular complexity index is 767. The van der Waals surface area contributed by atoms with Crippen LogP contribution in [0.1, 0.15) is 11.4 Å². The van der Waals surface area contributed by atoms with E-state index in [2.05, 4.69) is 37.3 Å². The Morgan fingerprint density at radius 2 is 2.10 bits per heavy atom. The number of hydrogen-bond acceptors (Lipinski definition) is 2. The summed E-state index contributed by atoms with van der Waals surface area (Å²) in [5, 5.41) is 4.11. The lowest BCUT2D eigenvalue weighted by atomic mass is 10.2. The van der Waals surface area contributed by atoms with Crippen molar-refractivity contribution in [3.63, 3.8) is 0 Å². The molecule has 0 amide bonds. The van der Waals surface area contributed by atoms with Gasteiger partial charge < -0.3 is 10.3 Å². The van der Waals surface area contributed by atoms with Gasteiger partial charge in [0.05, 0.1) is 16.1 Å². The van der Waals surface area contributed by atoms with Crippen LogP contribution >= 0.6 is 27.5 Å². The molecule has 0 atom stereocenters. The predicted octanol–water partition coefficient (Wildman–Crippen LogP) is 4.90. The number of nitrogens with one attached hydrogen (secondary N) is 2. The third kappa shape index (κ3) is 2.81. The predicted molar refractivity (Wildman–Crippen MR) is 87.3 cm³/mol. The number of H-pyrrole nitrogens is 1. The molecule has 0 saturated carbocycles. The number of aryl methyl sites for hydroxylation is 1. The second-order valence-corrected chi connectivity index (χ2v) is 5.92. The molecule has 20 heavy (non-hydrogen) atoms. The molecule has 0 saturated heterocycles. The Balaban J connectivity index is 1.77. The molecule has 3 aromatic rings. The van der Waals surface area contributed by atoms with E-state index in [4.69, 9.17) is 11.6 Å². The maximum absolute atomic E-state index is 6.09. The molecule has 0 unspecified atom stereocenters. The van der Waals surface area contributed by atoms with Crippen molar-refractivity contribution in [1.82, 2.24) is 9.97 Å². The fourth-order valence-corrected chi connectivity index (χ4v) is 2.55. The number of benzene rings is 2. The maximum atomic E-state index is 6.09. The molecule has 0 fully saturated rings. The van der Waals surface area contributed by atoms with Gasteiger partial charge in [0.1, 0.15) is 5.82 Å². The van der Waals surface area contributed by atoms with Crippen LogP contribution < -0.4 is 5.32 Å². The minimum absolute atomic E-state index is 0.726. The quantitative estimate of drug-likeness (QED) is 0.705. The topological polar surface area (TPSA) is 40.7 Å². The van der Waals surface area contributed by atoms with Gasteiger partial charge in [0, 0.05) is 16.7 Å². The van der Waals surface area contributed by atoms with Crippen molar-refractivity contribution in [2.75, 3.05) is 5.32 Å². The van der Waals surface area contributed by atoms with E-state index in [-0.39, 0.29) is 0 Å². The van der Waals surface area contributed by atoms with E-state index in [0.29, 0.717) is 0 Å². The van der Waals surface area contributed by atoms with Crippen molar-refractivity contribution >= 4 is 44.3 Å². The summed E-state index contributed by atoms with van der Waals surface area (Å²) in [5.41, 5.74) is 4.22. The van der Waals surface area contributed by atoms with Crippen molar-refractivity contribution in [1.29, 1.82) is 0 Å². The Hall–Kier alpha value is -1.52. The van der Waals surface area contributed by atoms with Crippen molar-refractivity contribution in [3.05, 3.63) is 57.3 Å². The summed E-state index contributed by atoms with van der Waals surface area (Å²) in [6.07, 6.45) is 0. The third-order valence-electron chi connectivity index (χ3n) is 3.08. The number of imidazole rings is 1. The highest BCUT2D eigenvalue weighted by atomic mass is 79.9. The average molecular weight is 351 g/mol. The summed E-state index contributed by atoms with van der Waals surface area (Å²) >= 11 is 9.48. The highest BCUT2D eigenvalue weighted by Crippen LogP contribution is 2.24. The Morgan fingerprint density at radius 3 is 2.90 bits per heavy atom. The molecule has 3 nitrogen and oxygen atoms in total. The van der Waals surface area contributed by atoms with Gasteiger partial charge in [0.2, 0.25) is 0 Å². The molecule has 2 aromatic carbocycles. The van der Waals surface area contributed by atoms with Gasteiger partial charge in [-0.05, 0) is 58.7 Å². The van der Waals surface area contributed by atoms with E-state index in [0.717, 1.165) is 44.1 Å². The second kappa shape index (κ2) is 5.46. The van der Waals surface area contributed by atoms with Crippen LogP contribution in [0.3, 0.4) is 0 Å². The van der Waals surface area contributed by atoms with Gasteiger partial charge in [-0.1, -0.05) is 17.7 Å². The molecule has 2 N–H and O–H groups in total. The second-order valence-electron chi connectivity index (χ2n) is 4.66. The molecule has 0 aliphatic rings. The standard InChI is InChI=1S/C15H13BrClN3/c1-9-19-14-5-3-11(7-15(14)20-9)18-8-10-2-4-12(16)13(17)6-10/h2-7,18H,8H2,1H3,(H,19,20). The summed E-state index contributed by atoms with van der Waals surface area (Å²) < 4.78 is 0.914. The van der Waals surface area contributed by atoms with Gasteiger partial charge in [-0.25, -0.2) is 4.98 Å². The lowest BCUT2D eigenvalue weighted by molar-refractivity contribution is 1.15. The third-order valence-corrected chi connectivity index (χ3v) is 4.31. The first kappa shape index (κ1) is 13.5. The van der Waals surface area contributed by atoms with Crippen LogP contribution in [0.4, 0.5) is 5.69 Å². The zero-order chi connectivity index (χ0) is 14.1. The molecule has 0 aliphatic heterocycles. The smallest absolute Gasteiger partial charge is 0.104 e. The number of aromatic amines is 1. The average Bonchev–Trinajstić information content (AvgIpc) is 2.79. The van der Waals surface area contributed by atoms with E-state index >= 15 is 0 Å². The fourth-order valence-electron chi connectivity index (χ4n) is 2.10. The van der Waals surface area contributed by atoms with E-state index in [1.165, 1.54) is 0 Å². The minimum Gasteiger partial charge on any atom is -0.381 e. The van der Waals surface area contributed by atoms with Crippen molar-refractivity contribution in [3.8, 4) is 0 Å². The number of fused-ring (bicyclic) bond motifs is 1. The summed E-state index contributed by atoms with van der Waals surface area (Å²) in [6, 6.07) is 12.1.